The first-order chi connectivity index (χ1) is 9.52. The number of aryl methyl sites for hydroxylation is 1. The molecule has 0 amide bonds. The summed E-state index contributed by atoms with van der Waals surface area (Å²) in [5.41, 5.74) is 2.49. The SMILES string of the molecule is Cc1cc(Br)cc(CO)c1OCc1cccc(Cl)c1Cl. The fourth-order valence-electron chi connectivity index (χ4n) is 1.93. The third kappa shape index (κ3) is 3.47. The molecule has 20 heavy (non-hydrogen) atoms. The van der Waals surface area contributed by atoms with Crippen molar-refractivity contribution in [1.29, 1.82) is 0 Å². The summed E-state index contributed by atoms with van der Waals surface area (Å²) in [4.78, 5) is 0. The summed E-state index contributed by atoms with van der Waals surface area (Å²) in [7, 11) is 0. The third-order valence-electron chi connectivity index (χ3n) is 2.89. The Labute approximate surface area is 136 Å². The molecule has 1 N–H and O–H groups in total. The van der Waals surface area contributed by atoms with Crippen LogP contribution in [0, 0.1) is 6.92 Å². The molecule has 0 aliphatic heterocycles. The average Bonchev–Trinajstić information content (AvgIpc) is 2.41. The Kier molecular flexibility index (Phi) is 5.33. The number of rotatable bonds is 4. The van der Waals surface area contributed by atoms with Crippen molar-refractivity contribution in [3.63, 3.8) is 0 Å². The first kappa shape index (κ1) is 15.6. The van der Waals surface area contributed by atoms with Gasteiger partial charge in [0, 0.05) is 15.6 Å². The van der Waals surface area contributed by atoms with Crippen LogP contribution in [-0.2, 0) is 13.2 Å². The predicted octanol–water partition coefficient (Wildman–Crippen LogP) is 5.14. The van der Waals surface area contributed by atoms with Gasteiger partial charge in [-0.2, -0.15) is 0 Å². The summed E-state index contributed by atoms with van der Waals surface area (Å²) in [6.07, 6.45) is 0. The maximum Gasteiger partial charge on any atom is 0.128 e. The topological polar surface area (TPSA) is 29.5 Å². The highest BCUT2D eigenvalue weighted by Gasteiger charge is 2.10. The van der Waals surface area contributed by atoms with Crippen LogP contribution in [0.3, 0.4) is 0 Å². The molecular formula is C15H13BrCl2O2. The van der Waals surface area contributed by atoms with Crippen LogP contribution in [0.25, 0.3) is 0 Å². The molecule has 0 aliphatic carbocycles. The van der Waals surface area contributed by atoms with E-state index in [1.165, 1.54) is 0 Å². The molecular weight excluding hydrogens is 363 g/mol. The van der Waals surface area contributed by atoms with Crippen molar-refractivity contribution in [3.8, 4) is 5.75 Å². The van der Waals surface area contributed by atoms with E-state index in [0.717, 1.165) is 21.2 Å². The Morgan fingerprint density at radius 1 is 1.20 bits per heavy atom. The number of hydrogen-bond donors (Lipinski definition) is 1. The van der Waals surface area contributed by atoms with Crippen molar-refractivity contribution < 1.29 is 9.84 Å². The number of hydrogen-bond acceptors (Lipinski definition) is 2. The summed E-state index contributed by atoms with van der Waals surface area (Å²) in [6.45, 7) is 2.15. The molecule has 0 saturated heterocycles. The van der Waals surface area contributed by atoms with Crippen LogP contribution in [0.15, 0.2) is 34.8 Å². The fourth-order valence-corrected chi connectivity index (χ4v) is 2.93. The Hall–Kier alpha value is -0.740. The van der Waals surface area contributed by atoms with Gasteiger partial charge >= 0.3 is 0 Å². The largest absolute Gasteiger partial charge is 0.488 e. The monoisotopic (exact) mass is 374 g/mol. The van der Waals surface area contributed by atoms with Crippen LogP contribution < -0.4 is 4.74 Å². The second-order valence-electron chi connectivity index (χ2n) is 4.37. The molecule has 0 heterocycles. The van der Waals surface area contributed by atoms with E-state index in [1.54, 1.807) is 6.07 Å². The molecule has 0 bridgehead atoms. The lowest BCUT2D eigenvalue weighted by atomic mass is 10.1. The van der Waals surface area contributed by atoms with Crippen molar-refractivity contribution in [1.82, 2.24) is 0 Å². The minimum atomic E-state index is -0.0844. The molecule has 2 aromatic carbocycles. The Morgan fingerprint density at radius 3 is 2.65 bits per heavy atom. The minimum Gasteiger partial charge on any atom is -0.488 e. The van der Waals surface area contributed by atoms with Gasteiger partial charge in [0.2, 0.25) is 0 Å². The molecule has 0 radical (unpaired) electrons. The first-order valence-electron chi connectivity index (χ1n) is 5.98. The van der Waals surface area contributed by atoms with Gasteiger partial charge in [0.1, 0.15) is 12.4 Å². The molecule has 0 aliphatic rings. The van der Waals surface area contributed by atoms with Crippen LogP contribution in [-0.4, -0.2) is 5.11 Å². The quantitative estimate of drug-likeness (QED) is 0.801. The number of aliphatic hydroxyl groups excluding tert-OH is 1. The number of aliphatic hydroxyl groups is 1. The predicted molar refractivity (Wildman–Crippen MR) is 85.6 cm³/mol. The molecule has 2 aromatic rings. The molecule has 2 rings (SSSR count). The van der Waals surface area contributed by atoms with Gasteiger partial charge in [0.25, 0.3) is 0 Å². The second kappa shape index (κ2) is 6.81. The zero-order chi connectivity index (χ0) is 14.7. The fraction of sp³-hybridized carbons (Fsp3) is 0.200. The Morgan fingerprint density at radius 2 is 1.95 bits per heavy atom. The van der Waals surface area contributed by atoms with Crippen molar-refractivity contribution >= 4 is 39.1 Å². The number of ether oxygens (including phenoxy) is 1. The van der Waals surface area contributed by atoms with E-state index >= 15 is 0 Å². The van der Waals surface area contributed by atoms with E-state index in [9.17, 15) is 5.11 Å². The molecule has 106 valence electrons. The van der Waals surface area contributed by atoms with E-state index in [1.807, 2.05) is 31.2 Å². The molecule has 0 spiro atoms. The zero-order valence-electron chi connectivity index (χ0n) is 10.8. The molecule has 0 aromatic heterocycles. The van der Waals surface area contributed by atoms with Gasteiger partial charge in [-0.15, -0.1) is 0 Å². The van der Waals surface area contributed by atoms with Gasteiger partial charge in [0.15, 0.2) is 0 Å². The van der Waals surface area contributed by atoms with Crippen molar-refractivity contribution in [2.45, 2.75) is 20.1 Å². The van der Waals surface area contributed by atoms with Gasteiger partial charge < -0.3 is 9.84 Å². The van der Waals surface area contributed by atoms with Crippen LogP contribution >= 0.6 is 39.1 Å². The summed E-state index contributed by atoms with van der Waals surface area (Å²) < 4.78 is 6.72. The maximum atomic E-state index is 9.42. The lowest BCUT2D eigenvalue weighted by Gasteiger charge is -2.14. The highest BCUT2D eigenvalue weighted by atomic mass is 79.9. The zero-order valence-corrected chi connectivity index (χ0v) is 13.9. The first-order valence-corrected chi connectivity index (χ1v) is 7.53. The highest BCUT2D eigenvalue weighted by molar-refractivity contribution is 9.10. The lowest BCUT2D eigenvalue weighted by molar-refractivity contribution is 0.258. The molecule has 0 unspecified atom stereocenters. The maximum absolute atomic E-state index is 9.42. The Balaban J connectivity index is 2.25. The van der Waals surface area contributed by atoms with Crippen molar-refractivity contribution in [3.05, 3.63) is 61.5 Å². The van der Waals surface area contributed by atoms with E-state index in [4.69, 9.17) is 27.9 Å². The van der Waals surface area contributed by atoms with Gasteiger partial charge in [-0.1, -0.05) is 51.3 Å². The van der Waals surface area contributed by atoms with Crippen LogP contribution in [0.5, 0.6) is 5.75 Å². The summed E-state index contributed by atoms with van der Waals surface area (Å²) in [5, 5.41) is 10.4. The van der Waals surface area contributed by atoms with E-state index in [-0.39, 0.29) is 6.61 Å². The third-order valence-corrected chi connectivity index (χ3v) is 4.21. The van der Waals surface area contributed by atoms with Crippen LogP contribution in [0.2, 0.25) is 10.0 Å². The number of halogens is 3. The number of benzene rings is 2. The van der Waals surface area contributed by atoms with E-state index < -0.39 is 0 Å². The summed E-state index contributed by atoms with van der Waals surface area (Å²) >= 11 is 15.5. The molecule has 0 fully saturated rings. The minimum absolute atomic E-state index is 0.0844. The lowest BCUT2D eigenvalue weighted by Crippen LogP contribution is -2.01. The van der Waals surface area contributed by atoms with Crippen molar-refractivity contribution in [2.24, 2.45) is 0 Å². The average molecular weight is 376 g/mol. The van der Waals surface area contributed by atoms with Crippen LogP contribution in [0.4, 0.5) is 0 Å². The van der Waals surface area contributed by atoms with Gasteiger partial charge in [-0.25, -0.2) is 0 Å². The van der Waals surface area contributed by atoms with Crippen LogP contribution in [0.1, 0.15) is 16.7 Å². The normalized spacial score (nSPS) is 10.7. The standard InChI is InChI=1S/C15H13BrCl2O2/c1-9-5-12(16)6-11(7-19)15(9)20-8-10-3-2-4-13(17)14(10)18/h2-6,19H,7-8H2,1H3. The van der Waals surface area contributed by atoms with Gasteiger partial charge in [0.05, 0.1) is 16.7 Å². The Bertz CT molecular complexity index is 630. The van der Waals surface area contributed by atoms with Gasteiger partial charge in [-0.05, 0) is 30.7 Å². The highest BCUT2D eigenvalue weighted by Crippen LogP contribution is 2.31. The smallest absolute Gasteiger partial charge is 0.128 e. The van der Waals surface area contributed by atoms with E-state index in [2.05, 4.69) is 15.9 Å². The molecule has 2 nitrogen and oxygen atoms in total. The summed E-state index contributed by atoms with van der Waals surface area (Å²) in [5.74, 6) is 0.673. The molecule has 5 heteroatoms. The molecule has 0 saturated carbocycles. The van der Waals surface area contributed by atoms with Crippen molar-refractivity contribution in [2.75, 3.05) is 0 Å². The molecule has 0 atom stereocenters. The second-order valence-corrected chi connectivity index (χ2v) is 6.07. The van der Waals surface area contributed by atoms with E-state index in [0.29, 0.717) is 22.4 Å². The van der Waals surface area contributed by atoms with Gasteiger partial charge in [-0.3, -0.25) is 0 Å². The summed E-state index contributed by atoms with van der Waals surface area (Å²) in [6, 6.07) is 9.20.